The molecule has 0 saturated carbocycles. The zero-order chi connectivity index (χ0) is 25.3. The Balaban J connectivity index is 1.76. The highest BCUT2D eigenvalue weighted by molar-refractivity contribution is 7.17. The van der Waals surface area contributed by atoms with Gasteiger partial charge in [-0.1, -0.05) is 59.6 Å². The first-order valence-electron chi connectivity index (χ1n) is 11.1. The number of aryl methyl sites for hydroxylation is 1. The van der Waals surface area contributed by atoms with E-state index < -0.39 is 23.5 Å². The van der Waals surface area contributed by atoms with Crippen LogP contribution in [0.15, 0.2) is 59.9 Å². The van der Waals surface area contributed by atoms with Gasteiger partial charge in [0.25, 0.3) is 5.91 Å². The Morgan fingerprint density at radius 3 is 2.51 bits per heavy atom. The third-order valence-corrected chi connectivity index (χ3v) is 7.78. The number of Topliss-reactive ketones (excluding diaryl/α,β-unsaturated/α-hetero) is 1. The number of hydrogen-bond acceptors (Lipinski definition) is 6. The Morgan fingerprint density at radius 2 is 1.86 bits per heavy atom. The minimum absolute atomic E-state index is 0.0320. The number of ketones is 1. The summed E-state index contributed by atoms with van der Waals surface area (Å²) in [5.41, 5.74) is 2.08. The zero-order valence-electron chi connectivity index (χ0n) is 19.6. The molecule has 2 aromatic carbocycles. The molecule has 0 aliphatic carbocycles. The molecule has 4 rings (SSSR count). The van der Waals surface area contributed by atoms with E-state index >= 15 is 0 Å². The summed E-state index contributed by atoms with van der Waals surface area (Å²) in [4.78, 5) is 35.5. The summed E-state index contributed by atoms with van der Waals surface area (Å²) in [6.07, 6.45) is 0.670. The molecule has 1 aromatic heterocycles. The summed E-state index contributed by atoms with van der Waals surface area (Å²) in [5, 5.41) is 12.3. The van der Waals surface area contributed by atoms with Crippen molar-refractivity contribution in [2.45, 2.75) is 19.4 Å². The lowest BCUT2D eigenvalue weighted by Gasteiger charge is -2.27. The number of hydrogen-bond donors (Lipinski definition) is 1. The first-order chi connectivity index (χ1) is 16.7. The SMILES string of the molecule is Cc1nc(-c2ccccc2)sc1C(=O)C1=C(O)C(=O)N(CCCN(C)C)C1c1ccc(Cl)c(Cl)c1. The number of carbonyl (C=O) groups is 2. The van der Waals surface area contributed by atoms with Crippen LogP contribution >= 0.6 is 34.5 Å². The lowest BCUT2D eigenvalue weighted by molar-refractivity contribution is -0.129. The van der Waals surface area contributed by atoms with E-state index in [2.05, 4.69) is 4.98 Å². The van der Waals surface area contributed by atoms with Crippen LogP contribution in [0.25, 0.3) is 10.6 Å². The summed E-state index contributed by atoms with van der Waals surface area (Å²) < 4.78 is 0. The Labute approximate surface area is 218 Å². The highest BCUT2D eigenvalue weighted by Crippen LogP contribution is 2.42. The van der Waals surface area contributed by atoms with E-state index in [-0.39, 0.29) is 5.57 Å². The predicted molar refractivity (Wildman–Crippen MR) is 140 cm³/mol. The third-order valence-electron chi connectivity index (χ3n) is 5.84. The summed E-state index contributed by atoms with van der Waals surface area (Å²) in [5.74, 6) is -1.53. The molecule has 2 heterocycles. The zero-order valence-corrected chi connectivity index (χ0v) is 21.9. The van der Waals surface area contributed by atoms with Crippen LogP contribution in [0.4, 0.5) is 0 Å². The molecule has 1 aliphatic heterocycles. The van der Waals surface area contributed by atoms with Gasteiger partial charge in [0.15, 0.2) is 5.76 Å². The number of carbonyl (C=O) groups excluding carboxylic acids is 2. The normalized spacial score (nSPS) is 16.0. The van der Waals surface area contributed by atoms with Crippen LogP contribution in [-0.4, -0.2) is 58.8 Å². The highest BCUT2D eigenvalue weighted by atomic mass is 35.5. The molecule has 0 spiro atoms. The minimum atomic E-state index is -0.784. The van der Waals surface area contributed by atoms with Gasteiger partial charge in [-0.3, -0.25) is 9.59 Å². The van der Waals surface area contributed by atoms with Crippen molar-refractivity contribution in [3.05, 3.63) is 86.0 Å². The molecule has 9 heteroatoms. The van der Waals surface area contributed by atoms with Gasteiger partial charge in [-0.2, -0.15) is 0 Å². The summed E-state index contributed by atoms with van der Waals surface area (Å²) >= 11 is 13.7. The fourth-order valence-electron chi connectivity index (χ4n) is 4.14. The Morgan fingerprint density at radius 1 is 1.14 bits per heavy atom. The van der Waals surface area contributed by atoms with Gasteiger partial charge in [0, 0.05) is 12.1 Å². The monoisotopic (exact) mass is 529 g/mol. The Bertz CT molecular complexity index is 1300. The number of nitrogens with zero attached hydrogens (tertiary/aromatic N) is 3. The van der Waals surface area contributed by atoms with Crippen LogP contribution in [-0.2, 0) is 4.79 Å². The third kappa shape index (κ3) is 5.14. The fraction of sp³-hybridized carbons (Fsp3) is 0.269. The van der Waals surface area contributed by atoms with Crippen LogP contribution in [0.2, 0.25) is 10.0 Å². The molecular weight excluding hydrogens is 505 g/mol. The molecule has 0 fully saturated rings. The van der Waals surface area contributed by atoms with E-state index in [4.69, 9.17) is 23.2 Å². The molecule has 3 aromatic rings. The smallest absolute Gasteiger partial charge is 0.290 e. The number of aromatic nitrogens is 1. The molecule has 1 N–H and O–H groups in total. The standard InChI is InChI=1S/C26H25Cl2N3O3S/c1-15-24(35-25(29-15)16-8-5-4-6-9-16)22(32)20-21(17-10-11-18(27)19(28)14-17)31(26(34)23(20)33)13-7-12-30(2)3/h4-6,8-11,14,21,33H,7,12-13H2,1-3H3. The topological polar surface area (TPSA) is 73.7 Å². The van der Waals surface area contributed by atoms with Gasteiger partial charge < -0.3 is 14.9 Å². The van der Waals surface area contributed by atoms with Crippen LogP contribution < -0.4 is 0 Å². The lowest BCUT2D eigenvalue weighted by atomic mass is 9.95. The predicted octanol–water partition coefficient (Wildman–Crippen LogP) is 5.96. The van der Waals surface area contributed by atoms with Crippen LogP contribution in [0, 0.1) is 6.92 Å². The molecule has 0 bridgehead atoms. The number of halogens is 2. The number of benzene rings is 2. The number of thiazole rings is 1. The van der Waals surface area contributed by atoms with Crippen molar-refractivity contribution in [2.24, 2.45) is 0 Å². The maximum absolute atomic E-state index is 13.8. The van der Waals surface area contributed by atoms with E-state index in [9.17, 15) is 14.7 Å². The molecule has 6 nitrogen and oxygen atoms in total. The van der Waals surface area contributed by atoms with Gasteiger partial charge in [-0.15, -0.1) is 11.3 Å². The Kier molecular flexibility index (Phi) is 7.62. The molecule has 35 heavy (non-hydrogen) atoms. The highest BCUT2D eigenvalue weighted by Gasteiger charge is 2.44. The molecule has 0 saturated heterocycles. The van der Waals surface area contributed by atoms with Crippen molar-refractivity contribution in [3.63, 3.8) is 0 Å². The van der Waals surface area contributed by atoms with Gasteiger partial charge in [-0.05, 0) is 51.7 Å². The second kappa shape index (κ2) is 10.5. The average molecular weight is 530 g/mol. The van der Waals surface area contributed by atoms with Crippen LogP contribution in [0.3, 0.4) is 0 Å². The van der Waals surface area contributed by atoms with Gasteiger partial charge >= 0.3 is 0 Å². The van der Waals surface area contributed by atoms with E-state index in [1.54, 1.807) is 25.1 Å². The van der Waals surface area contributed by atoms with Gasteiger partial charge in [0.05, 0.1) is 32.2 Å². The van der Waals surface area contributed by atoms with Gasteiger partial charge in [0.2, 0.25) is 5.78 Å². The summed E-state index contributed by atoms with van der Waals surface area (Å²) in [6, 6.07) is 13.8. The summed E-state index contributed by atoms with van der Waals surface area (Å²) in [6.45, 7) is 2.86. The molecule has 1 aliphatic rings. The van der Waals surface area contributed by atoms with E-state index in [1.807, 2.05) is 49.3 Å². The largest absolute Gasteiger partial charge is 0.503 e. The van der Waals surface area contributed by atoms with Crippen molar-refractivity contribution in [3.8, 4) is 10.6 Å². The van der Waals surface area contributed by atoms with Crippen molar-refractivity contribution in [1.82, 2.24) is 14.8 Å². The van der Waals surface area contributed by atoms with Gasteiger partial charge in [0.1, 0.15) is 5.01 Å². The number of amides is 1. The van der Waals surface area contributed by atoms with Crippen LogP contribution in [0.5, 0.6) is 0 Å². The molecule has 1 amide bonds. The van der Waals surface area contributed by atoms with Crippen molar-refractivity contribution in [2.75, 3.05) is 27.2 Å². The van der Waals surface area contributed by atoms with E-state index in [1.165, 1.54) is 16.2 Å². The molecular formula is C26H25Cl2N3O3S. The average Bonchev–Trinajstić information content (AvgIpc) is 3.34. The molecule has 1 atom stereocenters. The second-order valence-electron chi connectivity index (χ2n) is 8.62. The second-order valence-corrected chi connectivity index (χ2v) is 10.4. The van der Waals surface area contributed by atoms with Crippen molar-refractivity contribution in [1.29, 1.82) is 0 Å². The number of aliphatic hydroxyl groups excluding tert-OH is 1. The van der Waals surface area contributed by atoms with Gasteiger partial charge in [-0.25, -0.2) is 4.98 Å². The fourth-order valence-corrected chi connectivity index (χ4v) is 5.47. The van der Waals surface area contributed by atoms with Crippen molar-refractivity contribution >= 4 is 46.2 Å². The van der Waals surface area contributed by atoms with Crippen LogP contribution in [0.1, 0.15) is 33.4 Å². The lowest BCUT2D eigenvalue weighted by Crippen LogP contribution is -2.33. The Hall–Kier alpha value is -2.71. The maximum Gasteiger partial charge on any atom is 0.290 e. The number of aliphatic hydroxyl groups is 1. The molecule has 0 radical (unpaired) electrons. The molecule has 182 valence electrons. The summed E-state index contributed by atoms with van der Waals surface area (Å²) in [7, 11) is 3.90. The minimum Gasteiger partial charge on any atom is -0.503 e. The molecule has 1 unspecified atom stereocenters. The van der Waals surface area contributed by atoms with E-state index in [0.29, 0.717) is 44.2 Å². The maximum atomic E-state index is 13.8. The quantitative estimate of drug-likeness (QED) is 0.364. The van der Waals surface area contributed by atoms with Crippen molar-refractivity contribution < 1.29 is 14.7 Å². The first-order valence-corrected chi connectivity index (χ1v) is 12.7. The first kappa shape index (κ1) is 25.4. The van der Waals surface area contributed by atoms with E-state index in [0.717, 1.165) is 12.1 Å². The number of rotatable bonds is 8.